The minimum absolute atomic E-state index is 0.00701. The fourth-order valence-corrected chi connectivity index (χ4v) is 1.59. The molecular weight excluding hydrogens is 214 g/mol. The van der Waals surface area contributed by atoms with Crippen LogP contribution in [-0.2, 0) is 0 Å². The van der Waals surface area contributed by atoms with Gasteiger partial charge in [-0.3, -0.25) is 0 Å². The molecule has 4 heteroatoms. The molecule has 2 aromatic rings. The number of aromatic nitrogens is 1. The summed E-state index contributed by atoms with van der Waals surface area (Å²) < 4.78 is 1.84. The first kappa shape index (κ1) is 9.80. The summed E-state index contributed by atoms with van der Waals surface area (Å²) in [6, 6.07) is 8.46. The Morgan fingerprint density at radius 1 is 1.27 bits per heavy atom. The predicted octanol–water partition coefficient (Wildman–Crippen LogP) is 1.49. The molecular formula is C11H7ClNO2-. The maximum absolute atomic E-state index is 10.6. The van der Waals surface area contributed by atoms with E-state index in [1.807, 2.05) is 29.1 Å². The summed E-state index contributed by atoms with van der Waals surface area (Å²) in [6.07, 6.45) is 3.70. The van der Waals surface area contributed by atoms with Crippen molar-refractivity contribution in [1.29, 1.82) is 0 Å². The number of carboxylic acid groups (broad SMARTS) is 1. The molecule has 1 aromatic heterocycles. The van der Waals surface area contributed by atoms with E-state index in [4.69, 9.17) is 11.6 Å². The van der Waals surface area contributed by atoms with Gasteiger partial charge in [-0.25, -0.2) is 0 Å². The second-order valence-electron chi connectivity index (χ2n) is 3.04. The molecule has 0 fully saturated rings. The molecule has 15 heavy (non-hydrogen) atoms. The normalized spacial score (nSPS) is 10.2. The second kappa shape index (κ2) is 3.79. The van der Waals surface area contributed by atoms with E-state index < -0.39 is 5.97 Å². The van der Waals surface area contributed by atoms with Crippen LogP contribution in [0, 0.1) is 0 Å². The minimum Gasteiger partial charge on any atom is -0.545 e. The van der Waals surface area contributed by atoms with Crippen molar-refractivity contribution in [3.63, 3.8) is 0 Å². The Labute approximate surface area is 91.5 Å². The molecule has 1 heterocycles. The highest BCUT2D eigenvalue weighted by atomic mass is 35.5. The molecule has 0 bridgehead atoms. The Kier molecular flexibility index (Phi) is 2.47. The Morgan fingerprint density at radius 2 is 1.93 bits per heavy atom. The van der Waals surface area contributed by atoms with Crippen LogP contribution in [0.4, 0.5) is 0 Å². The third kappa shape index (κ3) is 1.87. The predicted molar refractivity (Wildman–Crippen MR) is 55.1 cm³/mol. The Balaban J connectivity index is 2.47. The topological polar surface area (TPSA) is 45.1 Å². The van der Waals surface area contributed by atoms with Crippen LogP contribution >= 0.6 is 11.6 Å². The van der Waals surface area contributed by atoms with Crippen LogP contribution in [0.25, 0.3) is 5.69 Å². The average Bonchev–Trinajstić information content (AvgIpc) is 2.69. The summed E-state index contributed by atoms with van der Waals surface area (Å²) in [5, 5.41) is 10.8. The summed E-state index contributed by atoms with van der Waals surface area (Å²) in [5.41, 5.74) is 0.822. The lowest BCUT2D eigenvalue weighted by Crippen LogP contribution is -2.22. The molecule has 0 saturated carbocycles. The van der Waals surface area contributed by atoms with Crippen LogP contribution < -0.4 is 5.11 Å². The number of nitrogens with zero attached hydrogens (tertiary/aromatic N) is 1. The molecule has 1 aromatic carbocycles. The largest absolute Gasteiger partial charge is 0.545 e. The first-order valence-electron chi connectivity index (χ1n) is 4.33. The van der Waals surface area contributed by atoms with Crippen molar-refractivity contribution in [2.75, 3.05) is 0 Å². The number of carboxylic acids is 1. The van der Waals surface area contributed by atoms with Gasteiger partial charge in [0.15, 0.2) is 0 Å². The SMILES string of the molecule is O=C([O-])c1ccc(-n2cccc2)cc1Cl. The molecule has 0 aliphatic heterocycles. The van der Waals surface area contributed by atoms with Gasteiger partial charge in [-0.15, -0.1) is 0 Å². The number of rotatable bonds is 2. The minimum atomic E-state index is -1.26. The Hall–Kier alpha value is -1.74. The summed E-state index contributed by atoms with van der Waals surface area (Å²) in [5.74, 6) is -1.26. The third-order valence-corrected chi connectivity index (χ3v) is 2.39. The van der Waals surface area contributed by atoms with Crippen molar-refractivity contribution in [2.24, 2.45) is 0 Å². The standard InChI is InChI=1S/C11H8ClNO2/c12-10-7-8(13-5-1-2-6-13)3-4-9(10)11(14)15/h1-7H,(H,14,15)/p-1. The fourth-order valence-electron chi connectivity index (χ4n) is 1.34. The molecule has 3 nitrogen and oxygen atoms in total. The zero-order valence-electron chi connectivity index (χ0n) is 7.68. The van der Waals surface area contributed by atoms with E-state index in [2.05, 4.69) is 0 Å². The fraction of sp³-hybridized carbons (Fsp3) is 0. The van der Waals surface area contributed by atoms with Gasteiger partial charge in [-0.05, 0) is 30.3 Å². The van der Waals surface area contributed by atoms with Gasteiger partial charge in [0.1, 0.15) is 0 Å². The van der Waals surface area contributed by atoms with Crippen molar-refractivity contribution in [2.45, 2.75) is 0 Å². The maximum Gasteiger partial charge on any atom is 0.0730 e. The number of hydrogen-bond donors (Lipinski definition) is 0. The van der Waals surface area contributed by atoms with Gasteiger partial charge in [0, 0.05) is 23.6 Å². The summed E-state index contributed by atoms with van der Waals surface area (Å²) in [7, 11) is 0. The van der Waals surface area contributed by atoms with Crippen molar-refractivity contribution in [3.8, 4) is 5.69 Å². The van der Waals surface area contributed by atoms with Crippen LogP contribution in [0.2, 0.25) is 5.02 Å². The van der Waals surface area contributed by atoms with Gasteiger partial charge in [0.05, 0.1) is 11.0 Å². The van der Waals surface area contributed by atoms with E-state index in [1.165, 1.54) is 6.07 Å². The lowest BCUT2D eigenvalue weighted by Gasteiger charge is -2.08. The van der Waals surface area contributed by atoms with Gasteiger partial charge < -0.3 is 14.5 Å². The van der Waals surface area contributed by atoms with Crippen molar-refractivity contribution < 1.29 is 9.90 Å². The molecule has 0 spiro atoms. The van der Waals surface area contributed by atoms with E-state index in [0.717, 1.165) is 5.69 Å². The molecule has 0 N–H and O–H groups in total. The Morgan fingerprint density at radius 3 is 2.47 bits per heavy atom. The molecule has 0 saturated heterocycles. The number of hydrogen-bond acceptors (Lipinski definition) is 2. The number of carbonyl (C=O) groups is 1. The van der Waals surface area contributed by atoms with Gasteiger partial charge in [0.25, 0.3) is 0 Å². The molecule has 76 valence electrons. The van der Waals surface area contributed by atoms with Crippen LogP contribution in [0.1, 0.15) is 10.4 Å². The molecule has 2 rings (SSSR count). The summed E-state index contributed by atoms with van der Waals surface area (Å²) in [4.78, 5) is 10.6. The van der Waals surface area contributed by atoms with E-state index in [-0.39, 0.29) is 10.6 Å². The van der Waals surface area contributed by atoms with E-state index in [0.29, 0.717) is 0 Å². The van der Waals surface area contributed by atoms with Crippen LogP contribution in [0.3, 0.4) is 0 Å². The first-order valence-corrected chi connectivity index (χ1v) is 4.70. The lowest BCUT2D eigenvalue weighted by molar-refractivity contribution is -0.255. The van der Waals surface area contributed by atoms with Crippen LogP contribution in [-0.4, -0.2) is 10.5 Å². The highest BCUT2D eigenvalue weighted by molar-refractivity contribution is 6.33. The van der Waals surface area contributed by atoms with Crippen LogP contribution in [0.5, 0.6) is 0 Å². The van der Waals surface area contributed by atoms with Gasteiger partial charge in [-0.1, -0.05) is 11.6 Å². The molecule has 0 atom stereocenters. The number of aromatic carboxylic acids is 1. The molecule has 0 unspecified atom stereocenters. The molecule has 0 aliphatic rings. The monoisotopic (exact) mass is 220 g/mol. The van der Waals surface area contributed by atoms with E-state index in [1.54, 1.807) is 12.1 Å². The first-order chi connectivity index (χ1) is 7.18. The Bertz CT molecular complexity index is 491. The number of benzene rings is 1. The zero-order valence-corrected chi connectivity index (χ0v) is 8.44. The lowest BCUT2D eigenvalue weighted by atomic mass is 10.2. The molecule has 0 amide bonds. The van der Waals surface area contributed by atoms with Crippen molar-refractivity contribution in [3.05, 3.63) is 53.3 Å². The maximum atomic E-state index is 10.6. The van der Waals surface area contributed by atoms with Crippen LogP contribution in [0.15, 0.2) is 42.7 Å². The van der Waals surface area contributed by atoms with Gasteiger partial charge >= 0.3 is 0 Å². The average molecular weight is 221 g/mol. The van der Waals surface area contributed by atoms with Gasteiger partial charge in [0.2, 0.25) is 0 Å². The van der Waals surface area contributed by atoms with Gasteiger partial charge in [-0.2, -0.15) is 0 Å². The summed E-state index contributed by atoms with van der Waals surface area (Å²) in [6.45, 7) is 0. The van der Waals surface area contributed by atoms with E-state index >= 15 is 0 Å². The van der Waals surface area contributed by atoms with E-state index in [9.17, 15) is 9.90 Å². The highest BCUT2D eigenvalue weighted by Gasteiger charge is 2.03. The summed E-state index contributed by atoms with van der Waals surface area (Å²) >= 11 is 5.81. The quantitative estimate of drug-likeness (QED) is 0.770. The number of halogens is 1. The smallest absolute Gasteiger partial charge is 0.0730 e. The number of carbonyl (C=O) groups excluding carboxylic acids is 1. The highest BCUT2D eigenvalue weighted by Crippen LogP contribution is 2.19. The molecule has 0 radical (unpaired) electrons. The third-order valence-electron chi connectivity index (χ3n) is 2.08. The second-order valence-corrected chi connectivity index (χ2v) is 3.45. The van der Waals surface area contributed by atoms with Crippen molar-refractivity contribution >= 4 is 17.6 Å². The van der Waals surface area contributed by atoms with Crippen molar-refractivity contribution in [1.82, 2.24) is 4.57 Å². The zero-order chi connectivity index (χ0) is 10.8. The molecule has 0 aliphatic carbocycles.